The summed E-state index contributed by atoms with van der Waals surface area (Å²) in [4.78, 5) is 4.39. The van der Waals surface area contributed by atoms with Crippen LogP contribution in [0.15, 0.2) is 78.9 Å². The maximum absolute atomic E-state index is 10.4. The van der Waals surface area contributed by atoms with E-state index in [2.05, 4.69) is 4.98 Å². The molecule has 3 rings (SSSR count). The Morgan fingerprint density at radius 2 is 1.50 bits per heavy atom. The molecule has 3 nitrogen and oxygen atoms in total. The van der Waals surface area contributed by atoms with Gasteiger partial charge in [0.15, 0.2) is 0 Å². The van der Waals surface area contributed by atoms with Gasteiger partial charge in [-0.1, -0.05) is 66.7 Å². The first-order valence-electron chi connectivity index (χ1n) is 7.19. The fourth-order valence-corrected chi connectivity index (χ4v) is 2.20. The smallest absolute Gasteiger partial charge is 0.213 e. The summed E-state index contributed by atoms with van der Waals surface area (Å²) in [5, 5.41) is 10.4. The Labute approximate surface area is 129 Å². The summed E-state index contributed by atoms with van der Waals surface area (Å²) >= 11 is 0. The topological polar surface area (TPSA) is 42.4 Å². The normalized spacial score (nSPS) is 11.9. The Morgan fingerprint density at radius 1 is 0.818 bits per heavy atom. The zero-order valence-corrected chi connectivity index (χ0v) is 12.1. The highest BCUT2D eigenvalue weighted by Gasteiger charge is 2.12. The van der Waals surface area contributed by atoms with E-state index in [1.54, 1.807) is 12.1 Å². The minimum atomic E-state index is -0.749. The number of pyridine rings is 1. The minimum absolute atomic E-state index is 0.457. The molecule has 110 valence electrons. The van der Waals surface area contributed by atoms with Crippen LogP contribution in [0.2, 0.25) is 0 Å². The van der Waals surface area contributed by atoms with Gasteiger partial charge in [-0.25, -0.2) is 4.98 Å². The van der Waals surface area contributed by atoms with Crippen molar-refractivity contribution in [2.75, 3.05) is 0 Å². The number of aromatic nitrogens is 1. The molecule has 2 aromatic carbocycles. The second kappa shape index (κ2) is 6.87. The summed E-state index contributed by atoms with van der Waals surface area (Å²) in [6, 6.07) is 24.8. The van der Waals surface area contributed by atoms with Gasteiger partial charge in [-0.05, 0) is 17.2 Å². The van der Waals surface area contributed by atoms with Gasteiger partial charge < -0.3 is 9.84 Å². The van der Waals surface area contributed by atoms with Crippen molar-refractivity contribution in [1.82, 2.24) is 4.98 Å². The Morgan fingerprint density at radius 3 is 2.23 bits per heavy atom. The molecule has 0 saturated carbocycles. The lowest BCUT2D eigenvalue weighted by atomic mass is 10.1. The van der Waals surface area contributed by atoms with Gasteiger partial charge in [-0.3, -0.25) is 0 Å². The average Bonchev–Trinajstić information content (AvgIpc) is 2.61. The monoisotopic (exact) mass is 291 g/mol. The third-order valence-electron chi connectivity index (χ3n) is 3.37. The molecule has 1 heterocycles. The quantitative estimate of drug-likeness (QED) is 0.778. The van der Waals surface area contributed by atoms with Crippen molar-refractivity contribution in [2.24, 2.45) is 0 Å². The molecule has 0 saturated heterocycles. The maximum Gasteiger partial charge on any atom is 0.213 e. The molecule has 0 aliphatic heterocycles. The molecule has 0 radical (unpaired) electrons. The van der Waals surface area contributed by atoms with Gasteiger partial charge in [-0.2, -0.15) is 0 Å². The van der Waals surface area contributed by atoms with Gasteiger partial charge in [-0.15, -0.1) is 0 Å². The number of rotatable bonds is 5. The van der Waals surface area contributed by atoms with Gasteiger partial charge in [0.2, 0.25) is 5.88 Å². The molecule has 0 amide bonds. The molecule has 0 fully saturated rings. The van der Waals surface area contributed by atoms with E-state index in [0.717, 1.165) is 11.1 Å². The van der Waals surface area contributed by atoms with Crippen LogP contribution in [0.5, 0.6) is 5.88 Å². The summed E-state index contributed by atoms with van der Waals surface area (Å²) in [7, 11) is 0. The lowest BCUT2D eigenvalue weighted by molar-refractivity contribution is 0.212. The van der Waals surface area contributed by atoms with Gasteiger partial charge >= 0.3 is 0 Å². The Balaban J connectivity index is 1.72. The van der Waals surface area contributed by atoms with E-state index in [1.165, 1.54) is 0 Å². The van der Waals surface area contributed by atoms with Gasteiger partial charge in [0.1, 0.15) is 12.7 Å². The van der Waals surface area contributed by atoms with Crippen LogP contribution < -0.4 is 4.74 Å². The summed E-state index contributed by atoms with van der Waals surface area (Å²) in [6.45, 7) is 0.457. The summed E-state index contributed by atoms with van der Waals surface area (Å²) < 4.78 is 5.70. The van der Waals surface area contributed by atoms with E-state index >= 15 is 0 Å². The van der Waals surface area contributed by atoms with Crippen LogP contribution in [0, 0.1) is 0 Å². The minimum Gasteiger partial charge on any atom is -0.473 e. The standard InChI is InChI=1S/C19H17NO2/c21-19(16-10-5-2-6-11-16)17-12-7-13-18(20-17)22-14-15-8-3-1-4-9-15/h1-13,19,21H,14H2/t19-/m1/s1. The highest BCUT2D eigenvalue weighted by atomic mass is 16.5. The van der Waals surface area contributed by atoms with Crippen molar-refractivity contribution in [2.45, 2.75) is 12.7 Å². The predicted molar refractivity (Wildman–Crippen MR) is 85.5 cm³/mol. The molecule has 0 bridgehead atoms. The molecule has 22 heavy (non-hydrogen) atoms. The van der Waals surface area contributed by atoms with Crippen molar-refractivity contribution < 1.29 is 9.84 Å². The first-order valence-corrected chi connectivity index (χ1v) is 7.19. The van der Waals surface area contributed by atoms with E-state index in [-0.39, 0.29) is 0 Å². The fourth-order valence-electron chi connectivity index (χ4n) is 2.20. The fraction of sp³-hybridized carbons (Fsp3) is 0.105. The molecule has 0 unspecified atom stereocenters. The van der Waals surface area contributed by atoms with Crippen LogP contribution in [0.25, 0.3) is 0 Å². The van der Waals surface area contributed by atoms with E-state index in [9.17, 15) is 5.11 Å². The van der Waals surface area contributed by atoms with Gasteiger partial charge in [0, 0.05) is 6.07 Å². The largest absolute Gasteiger partial charge is 0.473 e. The van der Waals surface area contributed by atoms with Crippen molar-refractivity contribution in [1.29, 1.82) is 0 Å². The molecule has 0 aliphatic rings. The highest BCUT2D eigenvalue weighted by Crippen LogP contribution is 2.22. The molecule has 0 spiro atoms. The zero-order valence-electron chi connectivity index (χ0n) is 12.1. The van der Waals surface area contributed by atoms with E-state index < -0.39 is 6.10 Å². The maximum atomic E-state index is 10.4. The van der Waals surface area contributed by atoms with Crippen molar-refractivity contribution in [3.05, 3.63) is 95.7 Å². The van der Waals surface area contributed by atoms with E-state index in [4.69, 9.17) is 4.74 Å². The molecule has 3 aromatic rings. The van der Waals surface area contributed by atoms with Crippen LogP contribution >= 0.6 is 0 Å². The Hall–Kier alpha value is -2.65. The number of aliphatic hydroxyl groups excluding tert-OH is 1. The molecular formula is C19H17NO2. The number of hydrogen-bond acceptors (Lipinski definition) is 3. The van der Waals surface area contributed by atoms with Crippen LogP contribution in [-0.2, 0) is 6.61 Å². The zero-order chi connectivity index (χ0) is 15.2. The molecule has 1 atom stereocenters. The van der Waals surface area contributed by atoms with Crippen molar-refractivity contribution in [3.63, 3.8) is 0 Å². The summed E-state index contributed by atoms with van der Waals surface area (Å²) in [5.41, 5.74) is 2.48. The molecular weight excluding hydrogens is 274 g/mol. The predicted octanol–water partition coefficient (Wildman–Crippen LogP) is 3.74. The summed E-state index contributed by atoms with van der Waals surface area (Å²) in [5.74, 6) is 0.510. The molecule has 1 N–H and O–H groups in total. The number of nitrogens with zero attached hydrogens (tertiary/aromatic N) is 1. The first kappa shape index (κ1) is 14.3. The Bertz CT molecular complexity index is 714. The third-order valence-corrected chi connectivity index (χ3v) is 3.37. The van der Waals surface area contributed by atoms with Crippen LogP contribution in [-0.4, -0.2) is 10.1 Å². The first-order chi connectivity index (χ1) is 10.8. The average molecular weight is 291 g/mol. The lowest BCUT2D eigenvalue weighted by Crippen LogP contribution is -2.04. The van der Waals surface area contributed by atoms with Crippen LogP contribution in [0.4, 0.5) is 0 Å². The molecule has 1 aromatic heterocycles. The number of aliphatic hydroxyl groups is 1. The second-order valence-electron chi connectivity index (χ2n) is 4.99. The van der Waals surface area contributed by atoms with Crippen molar-refractivity contribution >= 4 is 0 Å². The number of benzene rings is 2. The third kappa shape index (κ3) is 3.51. The molecule has 0 aliphatic carbocycles. The number of ether oxygens (including phenoxy) is 1. The van der Waals surface area contributed by atoms with E-state index in [0.29, 0.717) is 18.2 Å². The van der Waals surface area contributed by atoms with Crippen LogP contribution in [0.3, 0.4) is 0 Å². The second-order valence-corrected chi connectivity index (χ2v) is 4.99. The van der Waals surface area contributed by atoms with Crippen molar-refractivity contribution in [3.8, 4) is 5.88 Å². The highest BCUT2D eigenvalue weighted by molar-refractivity contribution is 5.27. The van der Waals surface area contributed by atoms with Gasteiger partial charge in [0.05, 0.1) is 5.69 Å². The SMILES string of the molecule is O[C@H](c1ccccc1)c1cccc(OCc2ccccc2)n1. The lowest BCUT2D eigenvalue weighted by Gasteiger charge is -2.12. The number of hydrogen-bond donors (Lipinski definition) is 1. The van der Waals surface area contributed by atoms with Crippen LogP contribution in [0.1, 0.15) is 22.9 Å². The summed E-state index contributed by atoms with van der Waals surface area (Å²) in [6.07, 6.45) is -0.749. The Kier molecular flexibility index (Phi) is 4.47. The van der Waals surface area contributed by atoms with Gasteiger partial charge in [0.25, 0.3) is 0 Å². The van der Waals surface area contributed by atoms with E-state index in [1.807, 2.05) is 66.7 Å². The molecule has 3 heteroatoms.